The van der Waals surface area contributed by atoms with Gasteiger partial charge in [0.05, 0.1) is 0 Å². The molecule has 2 atom stereocenters. The zero-order chi connectivity index (χ0) is 9.72. The molecule has 0 saturated heterocycles. The molecule has 0 fully saturated rings. The first kappa shape index (κ1) is 11.3. The lowest BCUT2D eigenvalue weighted by Crippen LogP contribution is -2.26. The molecule has 0 aromatic carbocycles. The van der Waals surface area contributed by atoms with Crippen molar-refractivity contribution in [2.45, 2.75) is 40.5 Å². The van der Waals surface area contributed by atoms with E-state index in [-0.39, 0.29) is 23.4 Å². The monoisotopic (exact) mass is 170 g/mol. The Morgan fingerprint density at radius 1 is 0.917 bits per heavy atom. The van der Waals surface area contributed by atoms with E-state index in [1.54, 1.807) is 13.8 Å². The summed E-state index contributed by atoms with van der Waals surface area (Å²) in [4.78, 5) is 22.3. The molecule has 0 unspecified atom stereocenters. The summed E-state index contributed by atoms with van der Waals surface area (Å²) in [7, 11) is 0. The Labute approximate surface area is 74.3 Å². The van der Waals surface area contributed by atoms with Gasteiger partial charge in [-0.05, 0) is 26.7 Å². The lowest BCUT2D eigenvalue weighted by atomic mass is 9.83. The number of rotatable bonds is 5. The van der Waals surface area contributed by atoms with Crippen LogP contribution in [0.15, 0.2) is 0 Å². The van der Waals surface area contributed by atoms with Crippen LogP contribution >= 0.6 is 0 Å². The van der Waals surface area contributed by atoms with Crippen molar-refractivity contribution >= 4 is 11.6 Å². The molecule has 2 heteroatoms. The van der Waals surface area contributed by atoms with E-state index in [0.29, 0.717) is 0 Å². The molecule has 0 saturated carbocycles. The Hall–Kier alpha value is -0.660. The maximum absolute atomic E-state index is 11.1. The molecular formula is C10H18O2. The molecule has 0 aromatic heterocycles. The SMILES string of the molecule is CC[C@H](C(C)=O)[C@@H](CC)C(C)=O. The quantitative estimate of drug-likeness (QED) is 0.634. The second-order valence-electron chi connectivity index (χ2n) is 3.25. The van der Waals surface area contributed by atoms with Gasteiger partial charge < -0.3 is 0 Å². The first-order valence-electron chi connectivity index (χ1n) is 4.55. The summed E-state index contributed by atoms with van der Waals surface area (Å²) >= 11 is 0. The molecule has 0 amide bonds. The lowest BCUT2D eigenvalue weighted by molar-refractivity contribution is -0.130. The zero-order valence-corrected chi connectivity index (χ0v) is 8.39. The Morgan fingerprint density at radius 3 is 1.25 bits per heavy atom. The van der Waals surface area contributed by atoms with Gasteiger partial charge in [-0.1, -0.05) is 13.8 Å². The van der Waals surface area contributed by atoms with Crippen LogP contribution in [0.25, 0.3) is 0 Å². The number of hydrogen-bond donors (Lipinski definition) is 0. The highest BCUT2D eigenvalue weighted by molar-refractivity contribution is 5.87. The van der Waals surface area contributed by atoms with Crippen LogP contribution in [0.5, 0.6) is 0 Å². The third-order valence-electron chi connectivity index (χ3n) is 2.41. The van der Waals surface area contributed by atoms with Crippen LogP contribution in [0.2, 0.25) is 0 Å². The molecule has 0 aromatic rings. The molecule has 0 N–H and O–H groups in total. The van der Waals surface area contributed by atoms with Gasteiger partial charge >= 0.3 is 0 Å². The van der Waals surface area contributed by atoms with Gasteiger partial charge in [-0.15, -0.1) is 0 Å². The number of carbonyl (C=O) groups excluding carboxylic acids is 2. The zero-order valence-electron chi connectivity index (χ0n) is 8.39. The summed E-state index contributed by atoms with van der Waals surface area (Å²) in [5.41, 5.74) is 0. The average Bonchev–Trinajstić information content (AvgIpc) is 1.98. The van der Waals surface area contributed by atoms with Crippen LogP contribution in [0.3, 0.4) is 0 Å². The second kappa shape index (κ2) is 5.07. The fourth-order valence-corrected chi connectivity index (χ4v) is 1.71. The van der Waals surface area contributed by atoms with E-state index in [4.69, 9.17) is 0 Å². The Bertz CT molecular complexity index is 153. The van der Waals surface area contributed by atoms with Gasteiger partial charge in [0.1, 0.15) is 11.6 Å². The van der Waals surface area contributed by atoms with Crippen LogP contribution in [0.4, 0.5) is 0 Å². The molecule has 0 aliphatic rings. The molecule has 0 spiro atoms. The number of ketones is 2. The van der Waals surface area contributed by atoms with Crippen molar-refractivity contribution in [3.63, 3.8) is 0 Å². The van der Waals surface area contributed by atoms with Gasteiger partial charge in [0.2, 0.25) is 0 Å². The van der Waals surface area contributed by atoms with Crippen molar-refractivity contribution in [3.05, 3.63) is 0 Å². The molecule has 0 rings (SSSR count). The summed E-state index contributed by atoms with van der Waals surface area (Å²) in [6, 6.07) is 0. The Kier molecular flexibility index (Phi) is 4.79. The summed E-state index contributed by atoms with van der Waals surface area (Å²) in [5, 5.41) is 0. The number of Topliss-reactive ketones (excluding diaryl/α,β-unsaturated/α-hetero) is 2. The van der Waals surface area contributed by atoms with Gasteiger partial charge in [0.15, 0.2) is 0 Å². The average molecular weight is 170 g/mol. The van der Waals surface area contributed by atoms with Crippen LogP contribution in [0.1, 0.15) is 40.5 Å². The molecule has 12 heavy (non-hydrogen) atoms. The standard InChI is InChI=1S/C10H18O2/c1-5-9(7(3)11)10(6-2)8(4)12/h9-10H,5-6H2,1-4H3/t9-,10+. The predicted octanol–water partition coefficient (Wildman–Crippen LogP) is 2.22. The molecule has 0 aliphatic carbocycles. The van der Waals surface area contributed by atoms with Crippen molar-refractivity contribution in [2.24, 2.45) is 11.8 Å². The van der Waals surface area contributed by atoms with E-state index in [1.807, 2.05) is 13.8 Å². The minimum atomic E-state index is -0.0625. The fourth-order valence-electron chi connectivity index (χ4n) is 1.71. The van der Waals surface area contributed by atoms with Gasteiger partial charge in [-0.3, -0.25) is 9.59 Å². The van der Waals surface area contributed by atoms with Gasteiger partial charge in [-0.25, -0.2) is 0 Å². The van der Waals surface area contributed by atoms with Crippen LogP contribution in [0, 0.1) is 11.8 Å². The molecule has 2 nitrogen and oxygen atoms in total. The molecular weight excluding hydrogens is 152 g/mol. The van der Waals surface area contributed by atoms with E-state index in [9.17, 15) is 9.59 Å². The lowest BCUT2D eigenvalue weighted by Gasteiger charge is -2.19. The van der Waals surface area contributed by atoms with Crippen molar-refractivity contribution in [2.75, 3.05) is 0 Å². The first-order chi connectivity index (χ1) is 5.54. The van der Waals surface area contributed by atoms with Crippen LogP contribution in [-0.2, 0) is 9.59 Å². The molecule has 70 valence electrons. The largest absolute Gasteiger partial charge is 0.300 e. The maximum atomic E-state index is 11.1. The Morgan fingerprint density at radius 2 is 1.17 bits per heavy atom. The van der Waals surface area contributed by atoms with Crippen LogP contribution < -0.4 is 0 Å². The molecule has 0 aliphatic heterocycles. The van der Waals surface area contributed by atoms with E-state index in [1.165, 1.54) is 0 Å². The third-order valence-corrected chi connectivity index (χ3v) is 2.41. The van der Waals surface area contributed by atoms with Crippen molar-refractivity contribution in [3.8, 4) is 0 Å². The third kappa shape index (κ3) is 2.76. The number of hydrogen-bond acceptors (Lipinski definition) is 2. The number of carbonyl (C=O) groups is 2. The maximum Gasteiger partial charge on any atom is 0.133 e. The topological polar surface area (TPSA) is 34.1 Å². The van der Waals surface area contributed by atoms with Gasteiger partial charge in [-0.2, -0.15) is 0 Å². The second-order valence-corrected chi connectivity index (χ2v) is 3.25. The van der Waals surface area contributed by atoms with E-state index < -0.39 is 0 Å². The van der Waals surface area contributed by atoms with Gasteiger partial charge in [0.25, 0.3) is 0 Å². The summed E-state index contributed by atoms with van der Waals surface area (Å²) < 4.78 is 0. The minimum absolute atomic E-state index is 0.0625. The highest BCUT2D eigenvalue weighted by Crippen LogP contribution is 2.21. The van der Waals surface area contributed by atoms with Crippen molar-refractivity contribution in [1.82, 2.24) is 0 Å². The minimum Gasteiger partial charge on any atom is -0.300 e. The van der Waals surface area contributed by atoms with E-state index in [0.717, 1.165) is 12.8 Å². The summed E-state index contributed by atoms with van der Waals surface area (Å²) in [5.74, 6) is 0.152. The van der Waals surface area contributed by atoms with Crippen LogP contribution in [-0.4, -0.2) is 11.6 Å². The molecule has 0 bridgehead atoms. The molecule has 0 radical (unpaired) electrons. The smallest absolute Gasteiger partial charge is 0.133 e. The summed E-state index contributed by atoms with van der Waals surface area (Å²) in [6.45, 7) is 7.05. The molecule has 0 heterocycles. The predicted molar refractivity (Wildman–Crippen MR) is 48.9 cm³/mol. The van der Waals surface area contributed by atoms with E-state index >= 15 is 0 Å². The Balaban J connectivity index is 4.44. The highest BCUT2D eigenvalue weighted by Gasteiger charge is 2.25. The fraction of sp³-hybridized carbons (Fsp3) is 0.800. The van der Waals surface area contributed by atoms with Crippen molar-refractivity contribution < 1.29 is 9.59 Å². The normalized spacial score (nSPS) is 15.3. The highest BCUT2D eigenvalue weighted by atomic mass is 16.1. The van der Waals surface area contributed by atoms with Gasteiger partial charge in [0, 0.05) is 11.8 Å². The van der Waals surface area contributed by atoms with Crippen molar-refractivity contribution in [1.29, 1.82) is 0 Å². The first-order valence-corrected chi connectivity index (χ1v) is 4.55. The summed E-state index contributed by atoms with van der Waals surface area (Å²) in [6.07, 6.45) is 1.54. The van der Waals surface area contributed by atoms with E-state index in [2.05, 4.69) is 0 Å².